The molecule has 12 nitrogen and oxygen atoms in total. The summed E-state index contributed by atoms with van der Waals surface area (Å²) in [4.78, 5) is 47.1. The molecule has 1 saturated heterocycles. The number of nitrogens with one attached hydrogen (secondary N) is 1. The molecule has 1 amide bonds. The fourth-order valence-corrected chi connectivity index (χ4v) is 3.52. The van der Waals surface area contributed by atoms with Crippen LogP contribution in [0.25, 0.3) is 0 Å². The topological polar surface area (TPSA) is 162 Å². The maximum atomic E-state index is 12.0. The van der Waals surface area contributed by atoms with Gasteiger partial charge in [0.2, 0.25) is 5.91 Å². The van der Waals surface area contributed by atoms with Crippen LogP contribution in [0.2, 0.25) is 0 Å². The van der Waals surface area contributed by atoms with Gasteiger partial charge in [-0.05, 0) is 40.5 Å². The number of esters is 3. The van der Waals surface area contributed by atoms with Crippen LogP contribution in [-0.4, -0.2) is 85.4 Å². The third-order valence-electron chi connectivity index (χ3n) is 5.30. The lowest BCUT2D eigenvalue weighted by atomic mass is 9.96. The van der Waals surface area contributed by atoms with Crippen LogP contribution >= 0.6 is 0 Å². The summed E-state index contributed by atoms with van der Waals surface area (Å²) in [5.41, 5.74) is 5.11. The third kappa shape index (κ3) is 12.1. The van der Waals surface area contributed by atoms with Crippen LogP contribution in [0.15, 0.2) is 0 Å². The first-order chi connectivity index (χ1) is 16.5. The molecule has 1 rings (SSSR count). The van der Waals surface area contributed by atoms with Crippen molar-refractivity contribution in [3.63, 3.8) is 0 Å². The van der Waals surface area contributed by atoms with Gasteiger partial charge in [0.15, 0.2) is 18.5 Å². The molecular weight excluding hydrogens is 476 g/mol. The number of nitrogens with two attached hydrogens (primary N) is 1. The molecule has 0 spiro atoms. The van der Waals surface area contributed by atoms with E-state index in [9.17, 15) is 19.2 Å². The van der Waals surface area contributed by atoms with Crippen LogP contribution in [0.1, 0.15) is 68.2 Å². The Balaban J connectivity index is 3.08. The van der Waals surface area contributed by atoms with E-state index in [2.05, 4.69) is 5.32 Å². The lowest BCUT2D eigenvalue weighted by Crippen LogP contribution is -2.66. The first-order valence-electron chi connectivity index (χ1n) is 12.0. The van der Waals surface area contributed by atoms with Gasteiger partial charge in [-0.15, -0.1) is 0 Å². The zero-order valence-electron chi connectivity index (χ0n) is 22.6. The van der Waals surface area contributed by atoms with Crippen molar-refractivity contribution in [2.24, 2.45) is 5.73 Å². The van der Waals surface area contributed by atoms with E-state index >= 15 is 0 Å². The molecule has 0 aliphatic carbocycles. The summed E-state index contributed by atoms with van der Waals surface area (Å²) in [7, 11) is 0. The van der Waals surface area contributed by atoms with Crippen molar-refractivity contribution in [1.29, 1.82) is 0 Å². The van der Waals surface area contributed by atoms with Gasteiger partial charge < -0.3 is 39.5 Å². The lowest BCUT2D eigenvalue weighted by molar-refractivity contribution is -0.279. The molecule has 1 heterocycles. The highest BCUT2D eigenvalue weighted by atomic mass is 16.7. The third-order valence-corrected chi connectivity index (χ3v) is 5.30. The van der Waals surface area contributed by atoms with Gasteiger partial charge in [-0.2, -0.15) is 0 Å². The number of rotatable bonds is 13. The number of carbonyl (C=O) groups is 4. The van der Waals surface area contributed by atoms with Crippen molar-refractivity contribution < 1.29 is 47.6 Å². The molecule has 0 aromatic rings. The highest BCUT2D eigenvalue weighted by Crippen LogP contribution is 2.28. The molecule has 3 N–H and O–H groups in total. The number of amides is 1. The van der Waals surface area contributed by atoms with E-state index in [1.54, 1.807) is 0 Å². The van der Waals surface area contributed by atoms with E-state index in [4.69, 9.17) is 34.2 Å². The molecule has 0 bridgehead atoms. The monoisotopic (exact) mass is 518 g/mol. The number of hydrogen-bond donors (Lipinski definition) is 2. The Hall–Kier alpha value is -2.28. The number of carbonyl (C=O) groups excluding carboxylic acids is 4. The molecule has 5 atom stereocenters. The van der Waals surface area contributed by atoms with Gasteiger partial charge in [0.25, 0.3) is 0 Å². The van der Waals surface area contributed by atoms with E-state index in [-0.39, 0.29) is 18.8 Å². The van der Waals surface area contributed by atoms with E-state index in [1.807, 2.05) is 27.7 Å². The molecule has 0 unspecified atom stereocenters. The van der Waals surface area contributed by atoms with Crippen molar-refractivity contribution in [1.82, 2.24) is 5.32 Å². The summed E-state index contributed by atoms with van der Waals surface area (Å²) < 4.78 is 33.8. The van der Waals surface area contributed by atoms with Crippen LogP contribution in [0, 0.1) is 0 Å². The molecule has 208 valence electrons. The molecule has 1 fully saturated rings. The smallest absolute Gasteiger partial charge is 0.303 e. The normalized spacial score (nSPS) is 24.5. The van der Waals surface area contributed by atoms with Gasteiger partial charge in [0.1, 0.15) is 18.8 Å². The van der Waals surface area contributed by atoms with Gasteiger partial charge in [-0.3, -0.25) is 19.2 Å². The summed E-state index contributed by atoms with van der Waals surface area (Å²) in [6.07, 6.45) is -3.32. The van der Waals surface area contributed by atoms with Gasteiger partial charge >= 0.3 is 17.9 Å². The molecule has 0 saturated carbocycles. The predicted molar refractivity (Wildman–Crippen MR) is 127 cm³/mol. The fraction of sp³-hybridized carbons (Fsp3) is 0.833. The van der Waals surface area contributed by atoms with E-state index in [0.717, 1.165) is 0 Å². The lowest BCUT2D eigenvalue weighted by Gasteiger charge is -2.45. The molecule has 0 radical (unpaired) electrons. The Kier molecular flexibility index (Phi) is 12.2. The Morgan fingerprint density at radius 3 is 1.94 bits per heavy atom. The summed E-state index contributed by atoms with van der Waals surface area (Å²) >= 11 is 0. The van der Waals surface area contributed by atoms with Crippen molar-refractivity contribution >= 4 is 23.8 Å². The average Bonchev–Trinajstić information content (AvgIpc) is 2.68. The highest BCUT2D eigenvalue weighted by molar-refractivity contribution is 5.73. The number of hydrogen-bond acceptors (Lipinski definition) is 11. The molecule has 0 aromatic heterocycles. The molecular formula is C24H42N2O10. The average molecular weight is 519 g/mol. The fourth-order valence-electron chi connectivity index (χ4n) is 3.52. The maximum Gasteiger partial charge on any atom is 0.303 e. The van der Waals surface area contributed by atoms with Crippen LogP contribution in [0.5, 0.6) is 0 Å². The predicted octanol–water partition coefficient (Wildman–Crippen LogP) is 0.972. The van der Waals surface area contributed by atoms with Crippen molar-refractivity contribution in [2.75, 3.05) is 19.8 Å². The molecule has 36 heavy (non-hydrogen) atoms. The quantitative estimate of drug-likeness (QED) is 0.264. The molecule has 1 aliphatic rings. The minimum absolute atomic E-state index is 0.158. The molecule has 1 aliphatic heterocycles. The largest absolute Gasteiger partial charge is 0.463 e. The zero-order chi connectivity index (χ0) is 27.7. The van der Waals surface area contributed by atoms with Gasteiger partial charge in [-0.1, -0.05) is 0 Å². The minimum atomic E-state index is -1.16. The summed E-state index contributed by atoms with van der Waals surface area (Å²) in [5.74, 6) is -2.36. The highest BCUT2D eigenvalue weighted by Gasteiger charge is 2.51. The summed E-state index contributed by atoms with van der Waals surface area (Å²) in [6, 6.07) is -1.01. The van der Waals surface area contributed by atoms with Crippen LogP contribution in [0.3, 0.4) is 0 Å². The summed E-state index contributed by atoms with van der Waals surface area (Å²) in [5, 5.41) is 2.66. The van der Waals surface area contributed by atoms with E-state index < -0.39 is 60.1 Å². The van der Waals surface area contributed by atoms with Crippen molar-refractivity contribution in [2.45, 2.75) is 110 Å². The van der Waals surface area contributed by atoms with Gasteiger partial charge in [0, 0.05) is 39.8 Å². The first kappa shape index (κ1) is 31.7. The first-order valence-corrected chi connectivity index (χ1v) is 12.0. The van der Waals surface area contributed by atoms with E-state index in [0.29, 0.717) is 19.4 Å². The Morgan fingerprint density at radius 2 is 1.44 bits per heavy atom. The van der Waals surface area contributed by atoms with Crippen molar-refractivity contribution in [3.05, 3.63) is 0 Å². The molecule has 0 aromatic carbocycles. The van der Waals surface area contributed by atoms with Gasteiger partial charge in [-0.25, -0.2) is 0 Å². The second kappa shape index (κ2) is 13.9. The Labute approximate surface area is 212 Å². The van der Waals surface area contributed by atoms with Crippen LogP contribution in [0.4, 0.5) is 0 Å². The zero-order valence-corrected chi connectivity index (χ0v) is 22.6. The maximum absolute atomic E-state index is 12.0. The number of ether oxygens (including phenoxy) is 6. The summed E-state index contributed by atoms with van der Waals surface area (Å²) in [6.45, 7) is 12.9. The van der Waals surface area contributed by atoms with Crippen molar-refractivity contribution in [3.8, 4) is 0 Å². The second-order valence-corrected chi connectivity index (χ2v) is 10.2. The van der Waals surface area contributed by atoms with Crippen LogP contribution < -0.4 is 11.1 Å². The SMILES string of the molecule is CC(=O)N[C@H]1[C@H](OCCC(C)(C)OCCC(C)(C)N)O[C@H](COC(C)=O)[C@H](OC(C)=O)[C@@H]1OC(C)=O. The standard InChI is InChI=1S/C24H42N2O10/c1-14(27)26-19-21(35-17(4)30)20(34-16(3)29)18(13-32-15(2)28)36-22(19)31-11-10-24(7,8)33-12-9-23(5,6)25/h18-22H,9-13,25H2,1-8H3,(H,26,27)/t18-,19-,20+,21-,22-/m1/s1. The van der Waals surface area contributed by atoms with E-state index in [1.165, 1.54) is 27.7 Å². The van der Waals surface area contributed by atoms with Crippen LogP contribution in [-0.2, 0) is 47.6 Å². The Bertz CT molecular complexity index is 764. The molecule has 12 heteroatoms. The minimum Gasteiger partial charge on any atom is -0.463 e. The Morgan fingerprint density at radius 1 is 0.861 bits per heavy atom. The van der Waals surface area contributed by atoms with Gasteiger partial charge in [0.05, 0.1) is 12.2 Å². The second-order valence-electron chi connectivity index (χ2n) is 10.2.